The number of amides is 1. The molecule has 1 amide bonds. The van der Waals surface area contributed by atoms with Gasteiger partial charge >= 0.3 is 0 Å². The number of carbonyl (C=O) groups excluding carboxylic acids is 1. The fraction of sp³-hybridized carbons (Fsp3) is 0.409. The molecule has 11 heteroatoms. The van der Waals surface area contributed by atoms with Gasteiger partial charge in [-0.3, -0.25) is 9.78 Å². The molecular weight excluding hydrogens is 442 g/mol. The van der Waals surface area contributed by atoms with Crippen molar-refractivity contribution in [2.45, 2.75) is 50.4 Å². The van der Waals surface area contributed by atoms with E-state index in [1.807, 2.05) is 12.1 Å². The Hall–Kier alpha value is -3.18. The van der Waals surface area contributed by atoms with E-state index in [-0.39, 0.29) is 17.5 Å². The molecule has 1 saturated carbocycles. The van der Waals surface area contributed by atoms with Gasteiger partial charge in [-0.2, -0.15) is 4.31 Å². The van der Waals surface area contributed by atoms with E-state index < -0.39 is 15.9 Å². The van der Waals surface area contributed by atoms with Crippen molar-refractivity contribution in [3.63, 3.8) is 0 Å². The lowest BCUT2D eigenvalue weighted by Gasteiger charge is -2.28. The molecule has 2 aliphatic heterocycles. The van der Waals surface area contributed by atoms with Crippen molar-refractivity contribution in [1.82, 2.24) is 29.0 Å². The third-order valence-corrected chi connectivity index (χ3v) is 8.77. The SMILES string of the molecule is O=C(Nc1cccc(-c2nnc3n2CCC3)n1)c1cc2c(cn1)CCN(S(=O)(=O)C1CC1)C2. The highest BCUT2D eigenvalue weighted by atomic mass is 32.2. The smallest absolute Gasteiger partial charge is 0.275 e. The summed E-state index contributed by atoms with van der Waals surface area (Å²) >= 11 is 0. The molecule has 0 atom stereocenters. The molecule has 1 aliphatic carbocycles. The highest BCUT2D eigenvalue weighted by Gasteiger charge is 2.41. The van der Waals surface area contributed by atoms with Gasteiger partial charge in [0.1, 0.15) is 23.0 Å². The van der Waals surface area contributed by atoms with Gasteiger partial charge in [-0.15, -0.1) is 10.2 Å². The molecule has 0 saturated heterocycles. The van der Waals surface area contributed by atoms with Crippen LogP contribution in [0.2, 0.25) is 0 Å². The molecule has 1 N–H and O–H groups in total. The maximum atomic E-state index is 12.9. The molecule has 1 fully saturated rings. The van der Waals surface area contributed by atoms with Gasteiger partial charge in [-0.1, -0.05) is 6.07 Å². The van der Waals surface area contributed by atoms with E-state index in [2.05, 4.69) is 30.0 Å². The average molecular weight is 466 g/mol. The molecule has 0 spiro atoms. The number of nitrogens with one attached hydrogen (secondary N) is 1. The van der Waals surface area contributed by atoms with E-state index in [4.69, 9.17) is 0 Å². The Morgan fingerprint density at radius 1 is 1.09 bits per heavy atom. The Morgan fingerprint density at radius 2 is 1.97 bits per heavy atom. The highest BCUT2D eigenvalue weighted by Crippen LogP contribution is 2.33. The number of fused-ring (bicyclic) bond motifs is 2. The Kier molecular flexibility index (Phi) is 4.77. The summed E-state index contributed by atoms with van der Waals surface area (Å²) < 4.78 is 28.9. The van der Waals surface area contributed by atoms with Gasteiger partial charge in [0, 0.05) is 32.3 Å². The Balaban J connectivity index is 1.21. The summed E-state index contributed by atoms with van der Waals surface area (Å²) in [5, 5.41) is 11.0. The van der Waals surface area contributed by atoms with Crippen LogP contribution in [0.3, 0.4) is 0 Å². The van der Waals surface area contributed by atoms with E-state index in [1.54, 1.807) is 18.3 Å². The number of sulfonamides is 1. The van der Waals surface area contributed by atoms with Crippen molar-refractivity contribution in [3.05, 3.63) is 53.1 Å². The largest absolute Gasteiger partial charge is 0.310 e. The first-order chi connectivity index (χ1) is 16.0. The van der Waals surface area contributed by atoms with Crippen LogP contribution >= 0.6 is 0 Å². The van der Waals surface area contributed by atoms with Gasteiger partial charge in [0.05, 0.1) is 5.25 Å². The molecule has 0 radical (unpaired) electrons. The van der Waals surface area contributed by atoms with E-state index >= 15 is 0 Å². The van der Waals surface area contributed by atoms with Crippen molar-refractivity contribution in [1.29, 1.82) is 0 Å². The number of aryl methyl sites for hydroxylation is 1. The maximum absolute atomic E-state index is 12.9. The van der Waals surface area contributed by atoms with Crippen LogP contribution in [-0.2, 0) is 36.0 Å². The predicted molar refractivity (Wildman–Crippen MR) is 120 cm³/mol. The minimum atomic E-state index is -3.25. The molecule has 3 aliphatic rings. The fourth-order valence-corrected chi connectivity index (χ4v) is 6.30. The van der Waals surface area contributed by atoms with Gasteiger partial charge in [-0.05, 0) is 55.0 Å². The molecule has 6 rings (SSSR count). The summed E-state index contributed by atoms with van der Waals surface area (Å²) in [4.78, 5) is 21.8. The lowest BCUT2D eigenvalue weighted by molar-refractivity contribution is 0.102. The van der Waals surface area contributed by atoms with Gasteiger partial charge in [-0.25, -0.2) is 13.4 Å². The maximum Gasteiger partial charge on any atom is 0.275 e. The van der Waals surface area contributed by atoms with Crippen molar-refractivity contribution in [2.75, 3.05) is 11.9 Å². The van der Waals surface area contributed by atoms with E-state index in [9.17, 15) is 13.2 Å². The van der Waals surface area contributed by atoms with Crippen LogP contribution in [0, 0.1) is 0 Å². The predicted octanol–water partition coefficient (Wildman–Crippen LogP) is 1.78. The second kappa shape index (κ2) is 7.70. The molecule has 3 aromatic heterocycles. The van der Waals surface area contributed by atoms with Crippen molar-refractivity contribution in [2.24, 2.45) is 0 Å². The monoisotopic (exact) mass is 465 g/mol. The molecular formula is C22H23N7O3S. The number of pyridine rings is 2. The summed E-state index contributed by atoms with van der Waals surface area (Å²) in [7, 11) is -3.25. The van der Waals surface area contributed by atoms with Crippen LogP contribution in [0.1, 0.15) is 46.7 Å². The second-order valence-corrected chi connectivity index (χ2v) is 10.9. The normalized spacial score (nSPS) is 18.1. The molecule has 0 unspecified atom stereocenters. The van der Waals surface area contributed by atoms with Crippen LogP contribution in [-0.4, -0.2) is 55.2 Å². The first-order valence-electron chi connectivity index (χ1n) is 11.2. The zero-order valence-electron chi connectivity index (χ0n) is 17.9. The number of nitrogens with zero attached hydrogens (tertiary/aromatic N) is 6. The zero-order chi connectivity index (χ0) is 22.6. The lowest BCUT2D eigenvalue weighted by Crippen LogP contribution is -2.38. The Morgan fingerprint density at radius 3 is 2.82 bits per heavy atom. The van der Waals surface area contributed by atoms with Crippen molar-refractivity contribution >= 4 is 21.7 Å². The fourth-order valence-electron chi connectivity index (χ4n) is 4.48. The number of rotatable bonds is 5. The van der Waals surface area contributed by atoms with E-state index in [0.29, 0.717) is 30.3 Å². The van der Waals surface area contributed by atoms with E-state index in [1.165, 1.54) is 4.31 Å². The Bertz CT molecular complexity index is 1360. The van der Waals surface area contributed by atoms with Gasteiger partial charge in [0.2, 0.25) is 10.0 Å². The molecule has 3 aromatic rings. The average Bonchev–Trinajstić information content (AvgIpc) is 3.46. The summed E-state index contributed by atoms with van der Waals surface area (Å²) in [5.41, 5.74) is 2.68. The van der Waals surface area contributed by atoms with Crippen LogP contribution in [0.5, 0.6) is 0 Å². The van der Waals surface area contributed by atoms with Crippen LogP contribution < -0.4 is 5.32 Å². The first kappa shape index (κ1) is 20.4. The molecule has 33 heavy (non-hydrogen) atoms. The van der Waals surface area contributed by atoms with Crippen LogP contribution in [0.15, 0.2) is 30.5 Å². The number of carbonyl (C=O) groups is 1. The van der Waals surface area contributed by atoms with Gasteiger partial charge in [0.25, 0.3) is 5.91 Å². The quantitative estimate of drug-likeness (QED) is 0.609. The summed E-state index contributed by atoms with van der Waals surface area (Å²) in [5.74, 6) is 1.65. The molecule has 5 heterocycles. The Labute approximate surface area is 191 Å². The summed E-state index contributed by atoms with van der Waals surface area (Å²) in [6.45, 7) is 1.60. The summed E-state index contributed by atoms with van der Waals surface area (Å²) in [6.07, 6.45) is 5.69. The van der Waals surface area contributed by atoms with E-state index in [0.717, 1.165) is 49.2 Å². The highest BCUT2D eigenvalue weighted by molar-refractivity contribution is 7.90. The molecule has 0 bridgehead atoms. The molecule has 170 valence electrons. The topological polar surface area (TPSA) is 123 Å². The van der Waals surface area contributed by atoms with Crippen LogP contribution in [0.25, 0.3) is 11.5 Å². The van der Waals surface area contributed by atoms with Crippen molar-refractivity contribution < 1.29 is 13.2 Å². The molecule has 10 nitrogen and oxygen atoms in total. The number of hydrogen-bond acceptors (Lipinski definition) is 7. The minimum absolute atomic E-state index is 0.231. The standard InChI is InChI=1S/C22H23N7O3S/c30-22(25-19-4-1-3-17(24-19)21-27-26-20-5-2-9-29(20)21)18-11-15-13-28(10-8-14(15)12-23-18)33(31,32)16-6-7-16/h1,3-4,11-12,16H,2,5-10,13H2,(H,24,25,30). The second-order valence-electron chi connectivity index (χ2n) is 8.72. The van der Waals surface area contributed by atoms with Crippen molar-refractivity contribution in [3.8, 4) is 11.5 Å². The third kappa shape index (κ3) is 3.70. The van der Waals surface area contributed by atoms with Gasteiger partial charge in [0.15, 0.2) is 5.82 Å². The van der Waals surface area contributed by atoms with Gasteiger partial charge < -0.3 is 9.88 Å². The lowest BCUT2D eigenvalue weighted by atomic mass is 10.0. The number of aromatic nitrogens is 5. The number of hydrogen-bond donors (Lipinski definition) is 1. The minimum Gasteiger partial charge on any atom is -0.310 e. The molecule has 0 aromatic carbocycles. The third-order valence-electron chi connectivity index (χ3n) is 6.43. The summed E-state index contributed by atoms with van der Waals surface area (Å²) in [6, 6.07) is 7.06. The zero-order valence-corrected chi connectivity index (χ0v) is 18.8. The van der Waals surface area contributed by atoms with Crippen LogP contribution in [0.4, 0.5) is 5.82 Å². The number of anilines is 1. The first-order valence-corrected chi connectivity index (χ1v) is 12.7.